The summed E-state index contributed by atoms with van der Waals surface area (Å²) in [6, 6.07) is 7.67. The van der Waals surface area contributed by atoms with E-state index in [4.69, 9.17) is 10.8 Å². The fourth-order valence-electron chi connectivity index (χ4n) is 1.34. The second-order valence-corrected chi connectivity index (χ2v) is 3.86. The van der Waals surface area contributed by atoms with Crippen LogP contribution in [-0.2, 0) is 16.0 Å². The van der Waals surface area contributed by atoms with Crippen LogP contribution in [0.25, 0.3) is 0 Å². The van der Waals surface area contributed by atoms with Crippen molar-refractivity contribution < 1.29 is 14.7 Å². The van der Waals surface area contributed by atoms with E-state index in [1.54, 1.807) is 0 Å². The van der Waals surface area contributed by atoms with Gasteiger partial charge in [0.05, 0.1) is 6.04 Å². The molecule has 0 saturated heterocycles. The number of benzene rings is 1. The molecule has 1 aromatic carbocycles. The van der Waals surface area contributed by atoms with Crippen LogP contribution in [0, 0.1) is 0 Å². The predicted molar refractivity (Wildman–Crippen MR) is 70.6 cm³/mol. The molecule has 1 rings (SSSR count). The molecule has 0 aliphatic heterocycles. The molecule has 0 fully saturated rings. The van der Waals surface area contributed by atoms with Gasteiger partial charge in [-0.15, -0.1) is 12.4 Å². The highest BCUT2D eigenvalue weighted by Crippen LogP contribution is 2.02. The van der Waals surface area contributed by atoms with Crippen molar-refractivity contribution >= 4 is 24.3 Å². The van der Waals surface area contributed by atoms with Crippen LogP contribution in [0.4, 0.5) is 0 Å². The van der Waals surface area contributed by atoms with Crippen molar-refractivity contribution in [3.63, 3.8) is 0 Å². The fraction of sp³-hybridized carbons (Fsp3) is 0.333. The van der Waals surface area contributed by atoms with E-state index in [-0.39, 0.29) is 12.4 Å². The number of carboxylic acid groups (broad SMARTS) is 1. The Bertz CT molecular complexity index is 398. The summed E-state index contributed by atoms with van der Waals surface area (Å²) in [6.07, 6.45) is 0.388. The van der Waals surface area contributed by atoms with Crippen LogP contribution in [0.15, 0.2) is 30.3 Å². The van der Waals surface area contributed by atoms with Crippen LogP contribution >= 0.6 is 12.4 Å². The quantitative estimate of drug-likeness (QED) is 0.731. The van der Waals surface area contributed by atoms with Crippen molar-refractivity contribution in [1.82, 2.24) is 5.32 Å². The molecule has 0 bridgehead atoms. The number of nitrogens with two attached hydrogens (primary N) is 1. The van der Waals surface area contributed by atoms with Crippen LogP contribution in [0.5, 0.6) is 0 Å². The molecule has 0 aliphatic rings. The molecule has 6 heteroatoms. The molecule has 0 unspecified atom stereocenters. The van der Waals surface area contributed by atoms with Crippen molar-refractivity contribution in [3.8, 4) is 0 Å². The lowest BCUT2D eigenvalue weighted by Gasteiger charge is -2.14. The smallest absolute Gasteiger partial charge is 0.325 e. The van der Waals surface area contributed by atoms with E-state index >= 15 is 0 Å². The number of rotatable bonds is 5. The minimum Gasteiger partial charge on any atom is -0.480 e. The third kappa shape index (κ3) is 5.16. The molecule has 0 spiro atoms. The van der Waals surface area contributed by atoms with Gasteiger partial charge in [0.2, 0.25) is 5.91 Å². The van der Waals surface area contributed by atoms with Crippen LogP contribution < -0.4 is 11.1 Å². The molecule has 0 aromatic heterocycles. The molecule has 0 saturated carbocycles. The van der Waals surface area contributed by atoms with Gasteiger partial charge in [-0.1, -0.05) is 30.3 Å². The first-order valence-corrected chi connectivity index (χ1v) is 5.33. The molecule has 1 aromatic rings. The summed E-state index contributed by atoms with van der Waals surface area (Å²) in [5.41, 5.74) is 6.64. The number of halogens is 1. The Labute approximate surface area is 112 Å². The van der Waals surface area contributed by atoms with Crippen LogP contribution in [0.2, 0.25) is 0 Å². The van der Waals surface area contributed by atoms with Crippen molar-refractivity contribution in [2.45, 2.75) is 25.4 Å². The summed E-state index contributed by atoms with van der Waals surface area (Å²) in [5.74, 6) is -1.53. The Balaban J connectivity index is 0.00000289. The van der Waals surface area contributed by atoms with E-state index in [1.165, 1.54) is 6.92 Å². The standard InChI is InChI=1S/C12H16N2O3.ClH/c1-8(12(16)17)14-11(15)10(13)7-9-5-3-2-4-6-9;/h2-6,8,10H,7,13H2,1H3,(H,14,15)(H,16,17);1H/t8-,10-;/m0./s1. The van der Waals surface area contributed by atoms with E-state index < -0.39 is 24.0 Å². The van der Waals surface area contributed by atoms with Gasteiger partial charge in [0.15, 0.2) is 0 Å². The number of hydrogen-bond donors (Lipinski definition) is 3. The molecular formula is C12H17ClN2O3. The molecule has 0 radical (unpaired) electrons. The number of nitrogens with one attached hydrogen (secondary N) is 1. The van der Waals surface area contributed by atoms with Gasteiger partial charge in [0.25, 0.3) is 0 Å². The van der Waals surface area contributed by atoms with Gasteiger partial charge < -0.3 is 16.2 Å². The van der Waals surface area contributed by atoms with Crippen molar-refractivity contribution in [3.05, 3.63) is 35.9 Å². The van der Waals surface area contributed by atoms with Crippen LogP contribution in [0.1, 0.15) is 12.5 Å². The normalized spacial score (nSPS) is 13.0. The Morgan fingerprint density at radius 2 is 1.89 bits per heavy atom. The Morgan fingerprint density at radius 1 is 1.33 bits per heavy atom. The summed E-state index contributed by atoms with van der Waals surface area (Å²) in [4.78, 5) is 22.1. The summed E-state index contributed by atoms with van der Waals surface area (Å²) < 4.78 is 0. The van der Waals surface area contributed by atoms with E-state index in [1.807, 2.05) is 30.3 Å². The van der Waals surface area contributed by atoms with Gasteiger partial charge in [-0.2, -0.15) is 0 Å². The lowest BCUT2D eigenvalue weighted by atomic mass is 10.1. The first-order valence-electron chi connectivity index (χ1n) is 5.33. The van der Waals surface area contributed by atoms with Gasteiger partial charge >= 0.3 is 5.97 Å². The summed E-state index contributed by atoms with van der Waals surface area (Å²) in [6.45, 7) is 1.40. The highest BCUT2D eigenvalue weighted by molar-refractivity contribution is 5.86. The number of hydrogen-bond acceptors (Lipinski definition) is 3. The highest BCUT2D eigenvalue weighted by atomic mass is 35.5. The third-order valence-corrected chi connectivity index (χ3v) is 2.36. The lowest BCUT2D eigenvalue weighted by Crippen LogP contribution is -2.47. The van der Waals surface area contributed by atoms with Crippen molar-refractivity contribution in [2.75, 3.05) is 0 Å². The van der Waals surface area contributed by atoms with Crippen LogP contribution in [0.3, 0.4) is 0 Å². The molecule has 1 amide bonds. The van der Waals surface area contributed by atoms with Gasteiger partial charge in [-0.3, -0.25) is 9.59 Å². The Kier molecular flexibility index (Phi) is 7.00. The van der Waals surface area contributed by atoms with E-state index in [0.717, 1.165) is 5.56 Å². The summed E-state index contributed by atoms with van der Waals surface area (Å²) in [7, 11) is 0. The molecule has 100 valence electrons. The molecule has 2 atom stereocenters. The number of carboxylic acids is 1. The molecule has 5 nitrogen and oxygen atoms in total. The second kappa shape index (κ2) is 7.68. The zero-order chi connectivity index (χ0) is 12.8. The maximum absolute atomic E-state index is 11.6. The summed E-state index contributed by atoms with van der Waals surface area (Å²) in [5, 5.41) is 11.0. The maximum Gasteiger partial charge on any atom is 0.325 e. The average molecular weight is 273 g/mol. The zero-order valence-corrected chi connectivity index (χ0v) is 10.8. The molecular weight excluding hydrogens is 256 g/mol. The highest BCUT2D eigenvalue weighted by Gasteiger charge is 2.19. The summed E-state index contributed by atoms with van der Waals surface area (Å²) >= 11 is 0. The molecule has 0 heterocycles. The zero-order valence-electron chi connectivity index (χ0n) is 10.00. The topological polar surface area (TPSA) is 92.4 Å². The van der Waals surface area contributed by atoms with Crippen LogP contribution in [-0.4, -0.2) is 29.1 Å². The van der Waals surface area contributed by atoms with Gasteiger partial charge in [-0.05, 0) is 18.9 Å². The Hall–Kier alpha value is -1.59. The maximum atomic E-state index is 11.6. The molecule has 18 heavy (non-hydrogen) atoms. The molecule has 0 aliphatic carbocycles. The fourth-order valence-corrected chi connectivity index (χ4v) is 1.34. The number of carbonyl (C=O) groups excluding carboxylic acids is 1. The van der Waals surface area contributed by atoms with E-state index in [9.17, 15) is 9.59 Å². The van der Waals surface area contributed by atoms with Gasteiger partial charge in [0, 0.05) is 0 Å². The number of amides is 1. The number of carbonyl (C=O) groups is 2. The third-order valence-electron chi connectivity index (χ3n) is 2.36. The van der Waals surface area contributed by atoms with E-state index in [2.05, 4.69) is 5.32 Å². The van der Waals surface area contributed by atoms with Crippen molar-refractivity contribution in [2.24, 2.45) is 5.73 Å². The molecule has 4 N–H and O–H groups in total. The van der Waals surface area contributed by atoms with Crippen molar-refractivity contribution in [1.29, 1.82) is 0 Å². The monoisotopic (exact) mass is 272 g/mol. The minimum atomic E-state index is -1.08. The first kappa shape index (κ1) is 16.4. The SMILES string of the molecule is C[C@H](NC(=O)[C@@H](N)Cc1ccccc1)C(=O)O.Cl. The predicted octanol–water partition coefficient (Wildman–Crippen LogP) is 0.567. The second-order valence-electron chi connectivity index (χ2n) is 3.86. The minimum absolute atomic E-state index is 0. The van der Waals surface area contributed by atoms with Gasteiger partial charge in [-0.25, -0.2) is 0 Å². The van der Waals surface area contributed by atoms with E-state index in [0.29, 0.717) is 6.42 Å². The van der Waals surface area contributed by atoms with Gasteiger partial charge in [0.1, 0.15) is 6.04 Å². The number of aliphatic carboxylic acids is 1. The average Bonchev–Trinajstić information content (AvgIpc) is 2.29. The Morgan fingerprint density at radius 3 is 2.39 bits per heavy atom. The largest absolute Gasteiger partial charge is 0.480 e. The first-order chi connectivity index (χ1) is 8.00. The lowest BCUT2D eigenvalue weighted by molar-refractivity contribution is -0.141.